The van der Waals surface area contributed by atoms with Gasteiger partial charge >= 0.3 is 12.1 Å². The molecule has 0 aliphatic heterocycles. The Balaban J connectivity index is 1.67. The smallest absolute Gasteiger partial charge is 0.407 e. The molecule has 164 valence electrons. The molecule has 2 aromatic carbocycles. The van der Waals surface area contributed by atoms with Crippen molar-refractivity contribution in [2.24, 2.45) is 0 Å². The summed E-state index contributed by atoms with van der Waals surface area (Å²) >= 11 is 0. The molecule has 1 atom stereocenters. The van der Waals surface area contributed by atoms with E-state index in [1.54, 1.807) is 7.05 Å². The fraction of sp³-hybridized carbons (Fsp3) is 0.375. The first-order valence-electron chi connectivity index (χ1n) is 10.5. The number of alkyl carbamates (subject to hydrolysis) is 1. The molecule has 0 spiro atoms. The molecule has 1 aliphatic carbocycles. The molecule has 7 heteroatoms. The van der Waals surface area contributed by atoms with Gasteiger partial charge in [-0.1, -0.05) is 55.5 Å². The molecule has 1 aliphatic rings. The Morgan fingerprint density at radius 3 is 2.19 bits per heavy atom. The second kappa shape index (κ2) is 10.1. The van der Waals surface area contributed by atoms with Crippen LogP contribution in [0.2, 0.25) is 0 Å². The van der Waals surface area contributed by atoms with Crippen LogP contribution in [-0.4, -0.2) is 54.2 Å². The number of rotatable bonds is 9. The summed E-state index contributed by atoms with van der Waals surface area (Å²) in [5.74, 6) is -1.43. The highest BCUT2D eigenvalue weighted by Crippen LogP contribution is 2.44. The van der Waals surface area contributed by atoms with Crippen LogP contribution < -0.4 is 5.32 Å². The van der Waals surface area contributed by atoms with E-state index in [0.29, 0.717) is 6.54 Å². The molecule has 2 aromatic rings. The highest BCUT2D eigenvalue weighted by Gasteiger charge is 2.30. The van der Waals surface area contributed by atoms with Gasteiger partial charge in [0.15, 0.2) is 0 Å². The third-order valence-corrected chi connectivity index (χ3v) is 5.52. The van der Waals surface area contributed by atoms with E-state index in [4.69, 9.17) is 9.84 Å². The Labute approximate surface area is 182 Å². The second-order valence-electron chi connectivity index (χ2n) is 7.71. The van der Waals surface area contributed by atoms with Crippen LogP contribution >= 0.6 is 0 Å². The molecule has 31 heavy (non-hydrogen) atoms. The van der Waals surface area contributed by atoms with Gasteiger partial charge in [-0.05, 0) is 35.1 Å². The van der Waals surface area contributed by atoms with Crippen LogP contribution in [0.15, 0.2) is 48.5 Å². The first-order valence-corrected chi connectivity index (χ1v) is 10.5. The maximum Gasteiger partial charge on any atom is 0.407 e. The van der Waals surface area contributed by atoms with E-state index < -0.39 is 18.1 Å². The zero-order valence-electron chi connectivity index (χ0n) is 17.8. The van der Waals surface area contributed by atoms with Crippen LogP contribution in [0.25, 0.3) is 11.1 Å². The normalized spacial score (nSPS) is 13.1. The average molecular weight is 424 g/mol. The van der Waals surface area contributed by atoms with Crippen LogP contribution in [0.5, 0.6) is 0 Å². The number of carbonyl (C=O) groups excluding carboxylic acids is 2. The van der Waals surface area contributed by atoms with Crippen LogP contribution in [0.4, 0.5) is 4.79 Å². The van der Waals surface area contributed by atoms with Gasteiger partial charge in [0.1, 0.15) is 12.6 Å². The lowest BCUT2D eigenvalue weighted by molar-refractivity contribution is -0.137. The zero-order chi connectivity index (χ0) is 22.4. The molecule has 2 amide bonds. The van der Waals surface area contributed by atoms with Crippen molar-refractivity contribution in [2.75, 3.05) is 20.2 Å². The van der Waals surface area contributed by atoms with Crippen molar-refractivity contribution in [3.05, 3.63) is 59.7 Å². The van der Waals surface area contributed by atoms with E-state index >= 15 is 0 Å². The minimum atomic E-state index is -1.02. The number of benzene rings is 2. The van der Waals surface area contributed by atoms with E-state index in [0.717, 1.165) is 28.7 Å². The monoisotopic (exact) mass is 424 g/mol. The summed E-state index contributed by atoms with van der Waals surface area (Å²) in [6.07, 6.45) is -0.179. The van der Waals surface area contributed by atoms with Crippen LogP contribution in [-0.2, 0) is 14.3 Å². The molecule has 1 unspecified atom stereocenters. The lowest BCUT2D eigenvalue weighted by Gasteiger charge is -2.24. The third kappa shape index (κ3) is 5.23. The highest BCUT2D eigenvalue weighted by molar-refractivity contribution is 5.86. The number of hydrogen-bond acceptors (Lipinski definition) is 4. The molecule has 2 N–H and O–H groups in total. The summed E-state index contributed by atoms with van der Waals surface area (Å²) in [6.45, 7) is 2.59. The SMILES string of the molecule is CCCN(C)C(=O)C(CCC(=O)O)NC(=O)OCC1c2ccccc2-c2ccccc21. The molecule has 0 aromatic heterocycles. The molecule has 0 fully saturated rings. The molecule has 7 nitrogen and oxygen atoms in total. The van der Waals surface area contributed by atoms with Gasteiger partial charge in [0, 0.05) is 25.9 Å². The Hall–Kier alpha value is -3.35. The summed E-state index contributed by atoms with van der Waals surface area (Å²) in [5, 5.41) is 11.6. The first-order chi connectivity index (χ1) is 14.9. The number of likely N-dealkylation sites (N-methyl/N-ethyl adjacent to an activating group) is 1. The van der Waals surface area contributed by atoms with Crippen molar-refractivity contribution >= 4 is 18.0 Å². The van der Waals surface area contributed by atoms with Gasteiger partial charge in [-0.3, -0.25) is 9.59 Å². The van der Waals surface area contributed by atoms with Crippen LogP contribution in [0, 0.1) is 0 Å². The van der Waals surface area contributed by atoms with Crippen molar-refractivity contribution in [3.8, 4) is 11.1 Å². The van der Waals surface area contributed by atoms with E-state index in [1.165, 1.54) is 4.90 Å². The van der Waals surface area contributed by atoms with Gasteiger partial charge in [-0.2, -0.15) is 0 Å². The molecule has 0 saturated heterocycles. The van der Waals surface area contributed by atoms with Gasteiger partial charge < -0.3 is 20.1 Å². The van der Waals surface area contributed by atoms with E-state index in [2.05, 4.69) is 17.4 Å². The van der Waals surface area contributed by atoms with Gasteiger partial charge in [-0.25, -0.2) is 4.79 Å². The number of ether oxygens (including phenoxy) is 1. The number of carboxylic acid groups (broad SMARTS) is 1. The summed E-state index contributed by atoms with van der Waals surface area (Å²) < 4.78 is 5.50. The molecular weight excluding hydrogens is 396 g/mol. The Morgan fingerprint density at radius 2 is 1.65 bits per heavy atom. The van der Waals surface area contributed by atoms with Crippen molar-refractivity contribution in [1.82, 2.24) is 10.2 Å². The van der Waals surface area contributed by atoms with E-state index in [9.17, 15) is 14.4 Å². The standard InChI is InChI=1S/C24H28N2O5/c1-3-14-26(2)23(29)21(12-13-22(27)28)25-24(30)31-15-20-18-10-6-4-8-16(18)17-9-5-7-11-19(17)20/h4-11,20-21H,3,12-15H2,1-2H3,(H,25,30)(H,27,28). The van der Waals surface area contributed by atoms with Gasteiger partial charge in [-0.15, -0.1) is 0 Å². The average Bonchev–Trinajstić information content (AvgIpc) is 3.08. The summed E-state index contributed by atoms with van der Waals surface area (Å²) in [7, 11) is 1.64. The van der Waals surface area contributed by atoms with Gasteiger partial charge in [0.2, 0.25) is 5.91 Å². The van der Waals surface area contributed by atoms with Crippen molar-refractivity contribution < 1.29 is 24.2 Å². The Morgan fingerprint density at radius 1 is 1.06 bits per heavy atom. The largest absolute Gasteiger partial charge is 0.481 e. The second-order valence-corrected chi connectivity index (χ2v) is 7.71. The van der Waals surface area contributed by atoms with E-state index in [-0.39, 0.29) is 31.3 Å². The predicted octanol–water partition coefficient (Wildman–Crippen LogP) is 3.63. The number of nitrogens with zero attached hydrogens (tertiary/aromatic N) is 1. The number of fused-ring (bicyclic) bond motifs is 3. The molecule has 0 saturated carbocycles. The minimum Gasteiger partial charge on any atom is -0.481 e. The minimum absolute atomic E-state index is 0.00637. The van der Waals surface area contributed by atoms with Gasteiger partial charge in [0.05, 0.1) is 0 Å². The predicted molar refractivity (Wildman–Crippen MR) is 117 cm³/mol. The highest BCUT2D eigenvalue weighted by atomic mass is 16.5. The van der Waals surface area contributed by atoms with Crippen molar-refractivity contribution in [3.63, 3.8) is 0 Å². The fourth-order valence-electron chi connectivity index (χ4n) is 4.02. The Kier molecular flexibility index (Phi) is 7.28. The lowest BCUT2D eigenvalue weighted by Crippen LogP contribution is -2.48. The number of carboxylic acids is 1. The summed E-state index contributed by atoms with van der Waals surface area (Å²) in [4.78, 5) is 37.6. The van der Waals surface area contributed by atoms with Crippen molar-refractivity contribution in [1.29, 1.82) is 0 Å². The number of nitrogens with one attached hydrogen (secondary N) is 1. The number of amides is 2. The summed E-state index contributed by atoms with van der Waals surface area (Å²) in [5.41, 5.74) is 4.45. The maximum atomic E-state index is 12.6. The number of carbonyl (C=O) groups is 3. The lowest BCUT2D eigenvalue weighted by atomic mass is 9.98. The number of hydrogen-bond donors (Lipinski definition) is 2. The zero-order valence-corrected chi connectivity index (χ0v) is 17.8. The van der Waals surface area contributed by atoms with Crippen LogP contribution in [0.3, 0.4) is 0 Å². The molecular formula is C24H28N2O5. The molecule has 3 rings (SSSR count). The summed E-state index contributed by atoms with van der Waals surface area (Å²) in [6, 6.07) is 15.1. The number of aliphatic carboxylic acids is 1. The fourth-order valence-corrected chi connectivity index (χ4v) is 4.02. The quantitative estimate of drug-likeness (QED) is 0.641. The van der Waals surface area contributed by atoms with E-state index in [1.807, 2.05) is 43.3 Å². The van der Waals surface area contributed by atoms with Gasteiger partial charge in [0.25, 0.3) is 0 Å². The van der Waals surface area contributed by atoms with Crippen molar-refractivity contribution in [2.45, 2.75) is 38.1 Å². The first kappa shape index (κ1) is 22.3. The molecule has 0 heterocycles. The topological polar surface area (TPSA) is 95.9 Å². The molecule has 0 radical (unpaired) electrons. The third-order valence-electron chi connectivity index (χ3n) is 5.52. The maximum absolute atomic E-state index is 12.6. The van der Waals surface area contributed by atoms with Crippen LogP contribution in [0.1, 0.15) is 43.2 Å². The Bertz CT molecular complexity index is 913. The molecule has 0 bridgehead atoms.